The molecule has 0 saturated carbocycles. The first-order chi connectivity index (χ1) is 9.15. The van der Waals surface area contributed by atoms with Crippen molar-refractivity contribution >= 4 is 16.8 Å². The van der Waals surface area contributed by atoms with Gasteiger partial charge in [0.05, 0.1) is 11.1 Å². The topological polar surface area (TPSA) is 58.9 Å². The van der Waals surface area contributed by atoms with Crippen molar-refractivity contribution in [1.29, 1.82) is 0 Å². The maximum Gasteiger partial charge on any atom is 0.250 e. The molecule has 0 aliphatic rings. The van der Waals surface area contributed by atoms with Crippen LogP contribution in [0.25, 0.3) is 22.2 Å². The van der Waals surface area contributed by atoms with Crippen LogP contribution >= 0.6 is 0 Å². The molecule has 3 nitrogen and oxygen atoms in total. The van der Waals surface area contributed by atoms with E-state index in [0.717, 1.165) is 22.2 Å². The molecule has 0 radical (unpaired) electrons. The summed E-state index contributed by atoms with van der Waals surface area (Å²) in [6, 6.07) is 15.8. The van der Waals surface area contributed by atoms with E-state index in [-0.39, 0.29) is 0 Å². The molecule has 0 saturated heterocycles. The molecule has 0 aliphatic carbocycles. The van der Waals surface area contributed by atoms with E-state index in [1.807, 2.05) is 30.3 Å². The molecule has 0 atom stereocenters. The Balaban J connectivity index is 2.22. The van der Waals surface area contributed by atoms with Crippen molar-refractivity contribution < 1.29 is 4.79 Å². The third-order valence-electron chi connectivity index (χ3n) is 3.25. The number of amides is 1. The number of hydrogen-bond donors (Lipinski definition) is 2. The summed E-state index contributed by atoms with van der Waals surface area (Å²) in [4.78, 5) is 14.7. The number of H-pyrrole nitrogens is 1. The third kappa shape index (κ3) is 1.99. The monoisotopic (exact) mass is 250 g/mol. The average molecular weight is 250 g/mol. The Bertz CT molecular complexity index is 771. The molecule has 94 valence electrons. The molecule has 3 aromatic rings. The summed E-state index contributed by atoms with van der Waals surface area (Å²) in [6.45, 7) is 2.06. The van der Waals surface area contributed by atoms with Crippen LogP contribution in [0.2, 0.25) is 0 Å². The van der Waals surface area contributed by atoms with Crippen LogP contribution < -0.4 is 5.73 Å². The minimum Gasteiger partial charge on any atom is -0.366 e. The number of carbonyl (C=O) groups is 1. The summed E-state index contributed by atoms with van der Waals surface area (Å²) in [5.41, 5.74) is 10.0. The van der Waals surface area contributed by atoms with Gasteiger partial charge < -0.3 is 10.7 Å². The number of fused-ring (bicyclic) bond motifs is 1. The van der Waals surface area contributed by atoms with E-state index < -0.39 is 5.91 Å². The second-order valence-electron chi connectivity index (χ2n) is 4.69. The maximum atomic E-state index is 11.4. The van der Waals surface area contributed by atoms with Crippen LogP contribution in [-0.4, -0.2) is 10.9 Å². The van der Waals surface area contributed by atoms with E-state index in [1.54, 1.807) is 6.07 Å². The smallest absolute Gasteiger partial charge is 0.250 e. The van der Waals surface area contributed by atoms with E-state index in [4.69, 9.17) is 5.73 Å². The van der Waals surface area contributed by atoms with Crippen LogP contribution in [0.15, 0.2) is 48.5 Å². The van der Waals surface area contributed by atoms with Crippen LogP contribution in [0, 0.1) is 6.92 Å². The summed E-state index contributed by atoms with van der Waals surface area (Å²) in [6.07, 6.45) is 0. The predicted octanol–water partition coefficient (Wildman–Crippen LogP) is 3.24. The molecule has 19 heavy (non-hydrogen) atoms. The van der Waals surface area contributed by atoms with Gasteiger partial charge in [0.2, 0.25) is 0 Å². The zero-order chi connectivity index (χ0) is 13.4. The third-order valence-corrected chi connectivity index (χ3v) is 3.25. The van der Waals surface area contributed by atoms with Gasteiger partial charge in [0.25, 0.3) is 5.91 Å². The molecule has 0 fully saturated rings. The molecule has 2 aromatic carbocycles. The first-order valence-electron chi connectivity index (χ1n) is 6.14. The molecule has 0 aliphatic heterocycles. The lowest BCUT2D eigenvalue weighted by Gasteiger charge is -1.99. The number of aryl methyl sites for hydroxylation is 1. The lowest BCUT2D eigenvalue weighted by molar-refractivity contribution is 0.100. The number of aromatic nitrogens is 1. The number of aromatic amines is 1. The first-order valence-corrected chi connectivity index (χ1v) is 6.14. The molecule has 1 aromatic heterocycles. The minimum atomic E-state index is -0.414. The Hall–Kier alpha value is -2.55. The van der Waals surface area contributed by atoms with Gasteiger partial charge in [0.15, 0.2) is 0 Å². The van der Waals surface area contributed by atoms with Gasteiger partial charge in [0.1, 0.15) is 0 Å². The Morgan fingerprint density at radius 2 is 1.89 bits per heavy atom. The predicted molar refractivity (Wildman–Crippen MR) is 77.0 cm³/mol. The quantitative estimate of drug-likeness (QED) is 0.720. The second kappa shape index (κ2) is 4.28. The number of primary amides is 1. The molecule has 1 amide bonds. The zero-order valence-electron chi connectivity index (χ0n) is 10.6. The molecular weight excluding hydrogens is 236 g/mol. The summed E-state index contributed by atoms with van der Waals surface area (Å²) in [7, 11) is 0. The Morgan fingerprint density at radius 3 is 2.63 bits per heavy atom. The Morgan fingerprint density at radius 1 is 1.11 bits per heavy atom. The van der Waals surface area contributed by atoms with Gasteiger partial charge in [-0.15, -0.1) is 0 Å². The van der Waals surface area contributed by atoms with Crippen molar-refractivity contribution in [3.05, 3.63) is 59.7 Å². The normalized spacial score (nSPS) is 10.8. The van der Waals surface area contributed by atoms with Crippen molar-refractivity contribution in [3.8, 4) is 11.3 Å². The van der Waals surface area contributed by atoms with E-state index in [2.05, 4.69) is 24.0 Å². The average Bonchev–Trinajstić information content (AvgIpc) is 2.82. The van der Waals surface area contributed by atoms with Crippen molar-refractivity contribution in [2.75, 3.05) is 0 Å². The lowest BCUT2D eigenvalue weighted by atomic mass is 10.1. The van der Waals surface area contributed by atoms with Crippen LogP contribution in [-0.2, 0) is 0 Å². The van der Waals surface area contributed by atoms with E-state index >= 15 is 0 Å². The molecule has 0 spiro atoms. The van der Waals surface area contributed by atoms with Gasteiger partial charge in [-0.1, -0.05) is 35.9 Å². The second-order valence-corrected chi connectivity index (χ2v) is 4.69. The summed E-state index contributed by atoms with van der Waals surface area (Å²) in [5, 5.41) is 0.993. The number of carbonyl (C=O) groups excluding carboxylic acids is 1. The van der Waals surface area contributed by atoms with Crippen molar-refractivity contribution in [2.24, 2.45) is 5.73 Å². The van der Waals surface area contributed by atoms with Crippen molar-refractivity contribution in [2.45, 2.75) is 6.92 Å². The molecule has 3 rings (SSSR count). The summed E-state index contributed by atoms with van der Waals surface area (Å²) < 4.78 is 0. The zero-order valence-corrected chi connectivity index (χ0v) is 10.6. The number of rotatable bonds is 2. The highest BCUT2D eigenvalue weighted by atomic mass is 16.1. The Kier molecular flexibility index (Phi) is 2.60. The fraction of sp³-hybridized carbons (Fsp3) is 0.0625. The van der Waals surface area contributed by atoms with Crippen LogP contribution in [0.1, 0.15) is 15.9 Å². The molecule has 0 unspecified atom stereocenters. The van der Waals surface area contributed by atoms with Gasteiger partial charge in [-0.2, -0.15) is 0 Å². The molecule has 3 heteroatoms. The van der Waals surface area contributed by atoms with Crippen LogP contribution in [0.3, 0.4) is 0 Å². The first kappa shape index (κ1) is 11.5. The highest BCUT2D eigenvalue weighted by Gasteiger charge is 2.10. The molecule has 3 N–H and O–H groups in total. The van der Waals surface area contributed by atoms with Crippen LogP contribution in [0.5, 0.6) is 0 Å². The highest BCUT2D eigenvalue weighted by molar-refractivity contribution is 6.06. The number of nitrogens with one attached hydrogen (secondary N) is 1. The minimum absolute atomic E-state index is 0.414. The largest absolute Gasteiger partial charge is 0.366 e. The van der Waals surface area contributed by atoms with Gasteiger partial charge >= 0.3 is 0 Å². The number of hydrogen-bond acceptors (Lipinski definition) is 1. The lowest BCUT2D eigenvalue weighted by Crippen LogP contribution is -2.11. The fourth-order valence-electron chi connectivity index (χ4n) is 2.33. The van der Waals surface area contributed by atoms with Crippen molar-refractivity contribution in [1.82, 2.24) is 4.98 Å². The number of benzene rings is 2. The van der Waals surface area contributed by atoms with Gasteiger partial charge in [0, 0.05) is 11.1 Å². The van der Waals surface area contributed by atoms with E-state index in [0.29, 0.717) is 5.56 Å². The summed E-state index contributed by atoms with van der Waals surface area (Å²) in [5.74, 6) is -0.414. The summed E-state index contributed by atoms with van der Waals surface area (Å²) >= 11 is 0. The maximum absolute atomic E-state index is 11.4. The van der Waals surface area contributed by atoms with Crippen molar-refractivity contribution in [3.63, 3.8) is 0 Å². The molecular formula is C16H14N2O. The van der Waals surface area contributed by atoms with E-state index in [9.17, 15) is 4.79 Å². The van der Waals surface area contributed by atoms with Gasteiger partial charge in [-0.25, -0.2) is 0 Å². The van der Waals surface area contributed by atoms with Gasteiger partial charge in [-0.3, -0.25) is 4.79 Å². The van der Waals surface area contributed by atoms with Gasteiger partial charge in [-0.05, 0) is 30.7 Å². The molecule has 0 bridgehead atoms. The fourth-order valence-corrected chi connectivity index (χ4v) is 2.33. The highest BCUT2D eigenvalue weighted by Crippen LogP contribution is 2.26. The molecule has 1 heterocycles. The SMILES string of the molecule is Cc1cccc(-c2cc3cccc(C(N)=O)c3[nH]2)c1. The number of nitrogens with two attached hydrogens (primary N) is 1. The number of para-hydroxylation sites is 1. The van der Waals surface area contributed by atoms with Crippen LogP contribution in [0.4, 0.5) is 0 Å². The van der Waals surface area contributed by atoms with E-state index in [1.165, 1.54) is 5.56 Å². The Labute approximate surface area is 111 Å². The standard InChI is InChI=1S/C16H14N2O/c1-10-4-2-5-11(8-10)14-9-12-6-3-7-13(16(17)19)15(12)18-14/h2-9,18H,1H3,(H2,17,19).